The molecule has 4 rings (SSSR count). The van der Waals surface area contributed by atoms with Gasteiger partial charge in [0.15, 0.2) is 4.77 Å². The number of aromatic amines is 1. The molecular formula is C17H13ClF3N3O3S2. The van der Waals surface area contributed by atoms with Gasteiger partial charge in [-0.3, -0.25) is 19.1 Å². The zero-order valence-electron chi connectivity index (χ0n) is 14.7. The molecule has 3 aromatic rings. The van der Waals surface area contributed by atoms with Gasteiger partial charge in [0.1, 0.15) is 5.65 Å². The van der Waals surface area contributed by atoms with Crippen LogP contribution in [0.3, 0.4) is 0 Å². The smallest absolute Gasteiger partial charge is 0.417 e. The number of aromatic nitrogens is 3. The normalized spacial score (nSPS) is 13.8. The standard InChI is InChI=1S/C15H9ClF3N3OS2.C2H4O2/c16-10-4-3-9(25-10)8-5-7(15(17,18)19)11-12(20-8)22(6-1-2-6)14(24)21-13(11)23;1-2(3)4/h3-6H,1-2H2,(H,21,23,24);1H3,(H,3,4). The number of pyridine rings is 1. The summed E-state index contributed by atoms with van der Waals surface area (Å²) in [5, 5.41) is 6.93. The van der Waals surface area contributed by atoms with Gasteiger partial charge in [-0.1, -0.05) is 11.6 Å². The topological polar surface area (TPSA) is 88.0 Å². The van der Waals surface area contributed by atoms with Crippen molar-refractivity contribution < 1.29 is 23.1 Å². The van der Waals surface area contributed by atoms with E-state index in [0.29, 0.717) is 9.21 Å². The summed E-state index contributed by atoms with van der Waals surface area (Å²) in [6.07, 6.45) is -3.13. The van der Waals surface area contributed by atoms with E-state index in [-0.39, 0.29) is 22.2 Å². The molecule has 0 aromatic carbocycles. The summed E-state index contributed by atoms with van der Waals surface area (Å²) < 4.78 is 42.9. The van der Waals surface area contributed by atoms with Gasteiger partial charge in [-0.15, -0.1) is 11.3 Å². The average molecular weight is 464 g/mol. The number of hydrogen-bond acceptors (Lipinski definition) is 5. The summed E-state index contributed by atoms with van der Waals surface area (Å²) in [4.78, 5) is 28.4. The van der Waals surface area contributed by atoms with Crippen LogP contribution in [0.1, 0.15) is 31.4 Å². The third kappa shape index (κ3) is 4.68. The maximum atomic E-state index is 13.6. The van der Waals surface area contributed by atoms with Crippen LogP contribution in [-0.4, -0.2) is 25.6 Å². The molecule has 1 fully saturated rings. The number of carboxylic acids is 1. The number of carboxylic acid groups (broad SMARTS) is 1. The van der Waals surface area contributed by atoms with E-state index in [1.807, 2.05) is 0 Å². The number of halogens is 4. The van der Waals surface area contributed by atoms with Crippen molar-refractivity contribution in [2.24, 2.45) is 0 Å². The average Bonchev–Trinajstić information content (AvgIpc) is 3.32. The molecule has 0 atom stereocenters. The van der Waals surface area contributed by atoms with Crippen LogP contribution in [-0.2, 0) is 11.0 Å². The van der Waals surface area contributed by atoms with E-state index in [1.54, 1.807) is 12.1 Å². The van der Waals surface area contributed by atoms with Gasteiger partial charge in [-0.05, 0) is 43.3 Å². The highest BCUT2D eigenvalue weighted by Crippen LogP contribution is 2.41. The molecule has 0 unspecified atom stereocenters. The number of hydrogen-bond donors (Lipinski definition) is 2. The van der Waals surface area contributed by atoms with Gasteiger partial charge in [-0.25, -0.2) is 4.98 Å². The zero-order chi connectivity index (χ0) is 21.5. The molecule has 154 valence electrons. The predicted octanol–water partition coefficient (Wildman–Crippen LogP) is 5.28. The van der Waals surface area contributed by atoms with Crippen LogP contribution in [0.4, 0.5) is 13.2 Å². The number of nitrogens with zero attached hydrogens (tertiary/aromatic N) is 2. The summed E-state index contributed by atoms with van der Waals surface area (Å²) in [5.74, 6) is -0.833. The van der Waals surface area contributed by atoms with Gasteiger partial charge >= 0.3 is 6.18 Å². The number of aliphatic carboxylic acids is 1. The monoisotopic (exact) mass is 463 g/mol. The van der Waals surface area contributed by atoms with Crippen molar-refractivity contribution in [3.05, 3.63) is 43.2 Å². The summed E-state index contributed by atoms with van der Waals surface area (Å²) in [6, 6.07) is 4.04. The Kier molecular flexibility index (Phi) is 5.84. The largest absolute Gasteiger partial charge is 0.481 e. The molecule has 1 aliphatic rings. The quantitative estimate of drug-likeness (QED) is 0.505. The molecule has 1 saturated carbocycles. The van der Waals surface area contributed by atoms with Gasteiger partial charge in [0, 0.05) is 13.0 Å². The molecule has 0 radical (unpaired) electrons. The highest BCUT2D eigenvalue weighted by atomic mass is 35.5. The highest BCUT2D eigenvalue weighted by molar-refractivity contribution is 7.71. The Morgan fingerprint density at radius 2 is 2.03 bits per heavy atom. The number of nitrogens with one attached hydrogen (secondary N) is 1. The maximum Gasteiger partial charge on any atom is 0.417 e. The van der Waals surface area contributed by atoms with Crippen molar-refractivity contribution in [3.63, 3.8) is 0 Å². The van der Waals surface area contributed by atoms with Crippen LogP contribution in [0.2, 0.25) is 4.34 Å². The lowest BCUT2D eigenvalue weighted by molar-refractivity contribution is -0.136. The molecule has 1 aliphatic carbocycles. The number of rotatable bonds is 2. The van der Waals surface area contributed by atoms with E-state index in [1.165, 1.54) is 4.57 Å². The van der Waals surface area contributed by atoms with Crippen molar-refractivity contribution >= 4 is 52.2 Å². The molecule has 3 aromatic heterocycles. The molecule has 0 spiro atoms. The van der Waals surface area contributed by atoms with Crippen molar-refractivity contribution in [1.29, 1.82) is 0 Å². The first kappa shape index (κ1) is 21.5. The summed E-state index contributed by atoms with van der Waals surface area (Å²) in [6.45, 7) is 1.08. The molecular weight excluding hydrogens is 451 g/mol. The van der Waals surface area contributed by atoms with Gasteiger partial charge in [0.25, 0.3) is 11.5 Å². The number of thiophene rings is 1. The lowest BCUT2D eigenvalue weighted by Crippen LogP contribution is -2.20. The highest BCUT2D eigenvalue weighted by Gasteiger charge is 2.37. The van der Waals surface area contributed by atoms with E-state index >= 15 is 0 Å². The van der Waals surface area contributed by atoms with Crippen LogP contribution in [0.5, 0.6) is 0 Å². The third-order valence-electron chi connectivity index (χ3n) is 3.94. The fourth-order valence-corrected chi connectivity index (χ4v) is 4.05. The minimum atomic E-state index is -4.70. The minimum Gasteiger partial charge on any atom is -0.481 e. The lowest BCUT2D eigenvalue weighted by Gasteiger charge is -2.15. The molecule has 0 saturated heterocycles. The Labute approximate surface area is 175 Å². The maximum absolute atomic E-state index is 13.6. The molecule has 0 aliphatic heterocycles. The van der Waals surface area contributed by atoms with Crippen LogP contribution < -0.4 is 5.56 Å². The Bertz CT molecular complexity index is 1210. The molecule has 3 heterocycles. The van der Waals surface area contributed by atoms with Gasteiger partial charge in [0.05, 0.1) is 25.9 Å². The molecule has 6 nitrogen and oxygen atoms in total. The Hall–Kier alpha value is -2.24. The fourth-order valence-electron chi connectivity index (χ4n) is 2.72. The van der Waals surface area contributed by atoms with E-state index in [9.17, 15) is 18.0 Å². The minimum absolute atomic E-state index is 0.0365. The van der Waals surface area contributed by atoms with Gasteiger partial charge in [-0.2, -0.15) is 13.2 Å². The lowest BCUT2D eigenvalue weighted by atomic mass is 10.1. The van der Waals surface area contributed by atoms with E-state index in [4.69, 9.17) is 33.7 Å². The second kappa shape index (κ2) is 7.88. The van der Waals surface area contributed by atoms with Crippen LogP contribution in [0.15, 0.2) is 23.0 Å². The molecule has 2 N–H and O–H groups in total. The number of H-pyrrole nitrogens is 1. The van der Waals surface area contributed by atoms with Crippen molar-refractivity contribution in [3.8, 4) is 10.6 Å². The summed E-state index contributed by atoms with van der Waals surface area (Å²) in [5.41, 5.74) is -1.83. The van der Waals surface area contributed by atoms with E-state index in [2.05, 4.69) is 9.97 Å². The van der Waals surface area contributed by atoms with Crippen LogP contribution in [0.25, 0.3) is 21.6 Å². The number of alkyl halides is 3. The first-order valence-electron chi connectivity index (χ1n) is 8.21. The van der Waals surface area contributed by atoms with Crippen molar-refractivity contribution in [2.75, 3.05) is 0 Å². The SMILES string of the molecule is CC(=O)O.O=c1[nH]c(=S)n(C2CC2)c2nc(-c3ccc(Cl)s3)cc(C(F)(F)F)c12. The molecule has 29 heavy (non-hydrogen) atoms. The number of carbonyl (C=O) groups is 1. The Morgan fingerprint density at radius 1 is 1.41 bits per heavy atom. The summed E-state index contributed by atoms with van der Waals surface area (Å²) in [7, 11) is 0. The second-order valence-electron chi connectivity index (χ2n) is 6.23. The predicted molar refractivity (Wildman–Crippen MR) is 106 cm³/mol. The van der Waals surface area contributed by atoms with Crippen molar-refractivity contribution in [1.82, 2.24) is 14.5 Å². The molecule has 0 amide bonds. The Balaban J connectivity index is 0.000000552. The second-order valence-corrected chi connectivity index (χ2v) is 8.34. The zero-order valence-corrected chi connectivity index (χ0v) is 17.1. The van der Waals surface area contributed by atoms with Gasteiger partial charge < -0.3 is 5.11 Å². The molecule has 12 heteroatoms. The van der Waals surface area contributed by atoms with Crippen LogP contribution in [0, 0.1) is 4.77 Å². The summed E-state index contributed by atoms with van der Waals surface area (Å²) >= 11 is 12.2. The van der Waals surface area contributed by atoms with E-state index in [0.717, 1.165) is 37.2 Å². The first-order valence-corrected chi connectivity index (χ1v) is 9.81. The molecule has 0 bridgehead atoms. The van der Waals surface area contributed by atoms with Gasteiger partial charge in [0.2, 0.25) is 0 Å². The third-order valence-corrected chi connectivity index (χ3v) is 5.49. The Morgan fingerprint density at radius 3 is 2.52 bits per heavy atom. The van der Waals surface area contributed by atoms with Crippen LogP contribution >= 0.6 is 35.2 Å². The van der Waals surface area contributed by atoms with Crippen molar-refractivity contribution in [2.45, 2.75) is 32.0 Å². The number of fused-ring (bicyclic) bond motifs is 1. The fraction of sp³-hybridized carbons (Fsp3) is 0.294. The first-order chi connectivity index (χ1) is 13.5. The van der Waals surface area contributed by atoms with E-state index < -0.39 is 28.7 Å².